The molecule has 0 aromatic heterocycles. The van der Waals surface area contributed by atoms with Gasteiger partial charge >= 0.3 is 0 Å². The standard InChI is InChI=1S/C16H17N3O/c1-20-15-9-5-3-7-13(15)12-6-2-4-8-14(12)19-16-17-10-11-18-16/h2-9H,10-11H2,1H3,(H2,17,18,19). The topological polar surface area (TPSA) is 45.6 Å². The van der Waals surface area contributed by atoms with E-state index in [9.17, 15) is 0 Å². The van der Waals surface area contributed by atoms with Crippen LogP contribution in [0.25, 0.3) is 11.1 Å². The number of rotatable bonds is 3. The summed E-state index contributed by atoms with van der Waals surface area (Å²) < 4.78 is 5.45. The zero-order valence-electron chi connectivity index (χ0n) is 11.4. The first kappa shape index (κ1) is 12.5. The lowest BCUT2D eigenvalue weighted by Gasteiger charge is -2.14. The SMILES string of the molecule is COc1ccccc1-c1ccccc1NC1=NCCN1. The molecule has 4 nitrogen and oxygen atoms in total. The normalized spacial score (nSPS) is 13.6. The highest BCUT2D eigenvalue weighted by atomic mass is 16.5. The molecule has 0 radical (unpaired) electrons. The van der Waals surface area contributed by atoms with Crippen LogP contribution in [0, 0.1) is 0 Å². The van der Waals surface area contributed by atoms with Crippen molar-refractivity contribution in [1.29, 1.82) is 0 Å². The largest absolute Gasteiger partial charge is 0.496 e. The lowest BCUT2D eigenvalue weighted by Crippen LogP contribution is -2.26. The van der Waals surface area contributed by atoms with Gasteiger partial charge in [0, 0.05) is 23.4 Å². The van der Waals surface area contributed by atoms with Gasteiger partial charge in [0.15, 0.2) is 5.96 Å². The first-order valence-electron chi connectivity index (χ1n) is 6.66. The molecule has 1 aliphatic heterocycles. The fraction of sp³-hybridized carbons (Fsp3) is 0.188. The minimum Gasteiger partial charge on any atom is -0.496 e. The van der Waals surface area contributed by atoms with Gasteiger partial charge in [0.25, 0.3) is 0 Å². The minimum absolute atomic E-state index is 0.819. The fourth-order valence-electron chi connectivity index (χ4n) is 2.30. The molecule has 2 aromatic carbocycles. The summed E-state index contributed by atoms with van der Waals surface area (Å²) >= 11 is 0. The van der Waals surface area contributed by atoms with E-state index in [1.54, 1.807) is 7.11 Å². The van der Waals surface area contributed by atoms with E-state index in [4.69, 9.17) is 4.74 Å². The number of nitrogens with one attached hydrogen (secondary N) is 2. The summed E-state index contributed by atoms with van der Waals surface area (Å²) in [5.74, 6) is 1.69. The summed E-state index contributed by atoms with van der Waals surface area (Å²) in [5.41, 5.74) is 3.18. The number of ether oxygens (including phenoxy) is 1. The molecule has 0 fully saturated rings. The van der Waals surface area contributed by atoms with Gasteiger partial charge in [-0.1, -0.05) is 36.4 Å². The van der Waals surface area contributed by atoms with Gasteiger partial charge in [0.05, 0.1) is 13.7 Å². The maximum Gasteiger partial charge on any atom is 0.195 e. The van der Waals surface area contributed by atoms with Crippen LogP contribution in [0.15, 0.2) is 53.5 Å². The second-order valence-corrected chi connectivity index (χ2v) is 4.53. The first-order chi connectivity index (χ1) is 9.88. The Hall–Kier alpha value is -2.49. The summed E-state index contributed by atoms with van der Waals surface area (Å²) in [6.45, 7) is 1.71. The molecule has 0 bridgehead atoms. The molecule has 102 valence electrons. The Morgan fingerprint density at radius 3 is 2.55 bits per heavy atom. The number of hydrogen-bond donors (Lipinski definition) is 2. The van der Waals surface area contributed by atoms with Crippen LogP contribution in [-0.2, 0) is 0 Å². The highest BCUT2D eigenvalue weighted by Gasteiger charge is 2.12. The van der Waals surface area contributed by atoms with Crippen LogP contribution in [0.5, 0.6) is 5.75 Å². The average Bonchev–Trinajstić information content (AvgIpc) is 3.01. The number of anilines is 1. The molecule has 20 heavy (non-hydrogen) atoms. The Morgan fingerprint density at radius 2 is 1.80 bits per heavy atom. The van der Waals surface area contributed by atoms with Gasteiger partial charge in [0.1, 0.15) is 5.75 Å². The smallest absolute Gasteiger partial charge is 0.195 e. The molecule has 0 saturated heterocycles. The van der Waals surface area contributed by atoms with Crippen LogP contribution in [0.4, 0.5) is 5.69 Å². The molecule has 3 rings (SSSR count). The van der Waals surface area contributed by atoms with Crippen LogP contribution < -0.4 is 15.4 Å². The maximum absolute atomic E-state index is 5.45. The van der Waals surface area contributed by atoms with Crippen LogP contribution >= 0.6 is 0 Å². The molecule has 1 heterocycles. The fourth-order valence-corrected chi connectivity index (χ4v) is 2.30. The molecule has 0 atom stereocenters. The predicted octanol–water partition coefficient (Wildman–Crippen LogP) is 2.73. The van der Waals surface area contributed by atoms with Crippen molar-refractivity contribution in [3.63, 3.8) is 0 Å². The third-order valence-electron chi connectivity index (χ3n) is 3.25. The van der Waals surface area contributed by atoms with E-state index in [-0.39, 0.29) is 0 Å². The van der Waals surface area contributed by atoms with E-state index in [1.165, 1.54) is 0 Å². The summed E-state index contributed by atoms with van der Waals surface area (Å²) in [4.78, 5) is 4.37. The van der Waals surface area contributed by atoms with Gasteiger partial charge in [-0.2, -0.15) is 0 Å². The third-order valence-corrected chi connectivity index (χ3v) is 3.25. The van der Waals surface area contributed by atoms with Crippen molar-refractivity contribution in [1.82, 2.24) is 5.32 Å². The van der Waals surface area contributed by atoms with Gasteiger partial charge in [-0.3, -0.25) is 4.99 Å². The summed E-state index contributed by atoms with van der Waals surface area (Å²) in [5, 5.41) is 6.56. The summed E-state index contributed by atoms with van der Waals surface area (Å²) in [7, 11) is 1.69. The molecule has 0 amide bonds. The predicted molar refractivity (Wildman–Crippen MR) is 82.4 cm³/mol. The van der Waals surface area contributed by atoms with Crippen LogP contribution in [0.3, 0.4) is 0 Å². The van der Waals surface area contributed by atoms with Gasteiger partial charge in [-0.25, -0.2) is 0 Å². The Morgan fingerprint density at radius 1 is 1.05 bits per heavy atom. The number of benzene rings is 2. The van der Waals surface area contributed by atoms with Gasteiger partial charge < -0.3 is 15.4 Å². The highest BCUT2D eigenvalue weighted by Crippen LogP contribution is 2.34. The number of nitrogens with zero attached hydrogens (tertiary/aromatic N) is 1. The van der Waals surface area contributed by atoms with Crippen molar-refractivity contribution in [2.24, 2.45) is 4.99 Å². The van der Waals surface area contributed by atoms with Gasteiger partial charge in [0.2, 0.25) is 0 Å². The number of aliphatic imine (C=N–C) groups is 1. The van der Waals surface area contributed by atoms with Crippen molar-refractivity contribution in [3.8, 4) is 16.9 Å². The molecule has 0 aliphatic carbocycles. The van der Waals surface area contributed by atoms with E-state index >= 15 is 0 Å². The van der Waals surface area contributed by atoms with Gasteiger partial charge in [-0.15, -0.1) is 0 Å². The van der Waals surface area contributed by atoms with Crippen LogP contribution in [0.2, 0.25) is 0 Å². The monoisotopic (exact) mass is 267 g/mol. The van der Waals surface area contributed by atoms with Crippen molar-refractivity contribution >= 4 is 11.6 Å². The van der Waals surface area contributed by atoms with Crippen molar-refractivity contribution in [2.45, 2.75) is 0 Å². The molecule has 4 heteroatoms. The second-order valence-electron chi connectivity index (χ2n) is 4.53. The average molecular weight is 267 g/mol. The molecule has 0 saturated carbocycles. The Kier molecular flexibility index (Phi) is 3.54. The molecular formula is C16H17N3O. The van der Waals surface area contributed by atoms with E-state index in [1.807, 2.05) is 36.4 Å². The quantitative estimate of drug-likeness (QED) is 0.899. The van der Waals surface area contributed by atoms with Gasteiger partial charge in [-0.05, 0) is 12.1 Å². The Labute approximate surface area is 118 Å². The number of para-hydroxylation sites is 2. The lowest BCUT2D eigenvalue weighted by atomic mass is 10.0. The van der Waals surface area contributed by atoms with Crippen LogP contribution in [0.1, 0.15) is 0 Å². The van der Waals surface area contributed by atoms with Crippen molar-refractivity contribution < 1.29 is 4.74 Å². The van der Waals surface area contributed by atoms with E-state index < -0.39 is 0 Å². The maximum atomic E-state index is 5.45. The molecule has 0 spiro atoms. The zero-order chi connectivity index (χ0) is 13.8. The molecular weight excluding hydrogens is 250 g/mol. The number of hydrogen-bond acceptors (Lipinski definition) is 4. The molecule has 1 aliphatic rings. The minimum atomic E-state index is 0.819. The van der Waals surface area contributed by atoms with Crippen molar-refractivity contribution in [2.75, 3.05) is 25.5 Å². The van der Waals surface area contributed by atoms with Crippen molar-refractivity contribution in [3.05, 3.63) is 48.5 Å². The Bertz CT molecular complexity index is 637. The molecule has 2 N–H and O–H groups in total. The van der Waals surface area contributed by atoms with Crippen LogP contribution in [-0.4, -0.2) is 26.2 Å². The summed E-state index contributed by atoms with van der Waals surface area (Å²) in [6.07, 6.45) is 0. The summed E-state index contributed by atoms with van der Waals surface area (Å²) in [6, 6.07) is 16.2. The lowest BCUT2D eigenvalue weighted by molar-refractivity contribution is 0.416. The highest BCUT2D eigenvalue weighted by molar-refractivity contribution is 5.98. The van der Waals surface area contributed by atoms with E-state index in [0.29, 0.717) is 0 Å². The second kappa shape index (κ2) is 5.65. The Balaban J connectivity index is 2.00. The van der Waals surface area contributed by atoms with E-state index in [2.05, 4.69) is 27.8 Å². The molecule has 0 unspecified atom stereocenters. The third kappa shape index (κ3) is 2.45. The number of guanidine groups is 1. The zero-order valence-corrected chi connectivity index (χ0v) is 11.4. The van der Waals surface area contributed by atoms with E-state index in [0.717, 1.165) is 41.6 Å². The first-order valence-corrected chi connectivity index (χ1v) is 6.66. The molecule has 2 aromatic rings. The number of methoxy groups -OCH3 is 1.